The Morgan fingerprint density at radius 3 is 2.33 bits per heavy atom. The first kappa shape index (κ1) is 17.7. The van der Waals surface area contributed by atoms with Crippen LogP contribution in [-0.4, -0.2) is 17.5 Å². The fourth-order valence-corrected chi connectivity index (χ4v) is 2.05. The average Bonchev–Trinajstić information content (AvgIpc) is 2.49. The zero-order chi connectivity index (χ0) is 18.0. The van der Waals surface area contributed by atoms with Gasteiger partial charge in [-0.15, -0.1) is 0 Å². The average molecular weight is 337 g/mol. The van der Waals surface area contributed by atoms with Crippen molar-refractivity contribution in [3.63, 3.8) is 0 Å². The van der Waals surface area contributed by atoms with E-state index in [-0.39, 0.29) is 23.5 Å². The van der Waals surface area contributed by atoms with E-state index in [2.05, 4.69) is 9.99 Å². The van der Waals surface area contributed by atoms with Gasteiger partial charge >= 0.3 is 5.97 Å². The first-order valence-corrected chi connectivity index (χ1v) is 7.09. The molecule has 1 aromatic carbocycles. The minimum atomic E-state index is -1.41. The van der Waals surface area contributed by atoms with Gasteiger partial charge in [0.25, 0.3) is 0 Å². The van der Waals surface area contributed by atoms with Gasteiger partial charge in [-0.1, -0.05) is 19.0 Å². The van der Waals surface area contributed by atoms with E-state index in [0.717, 1.165) is 0 Å². The number of hydrogen-bond acceptors (Lipinski definition) is 4. The molecule has 2 rings (SSSR count). The number of benzene rings is 1. The number of carbonyl (C=O) groups excluding carboxylic acids is 2. The number of oxime groups is 1. The Hall–Kier alpha value is -2.70. The minimum absolute atomic E-state index is 0.0635. The van der Waals surface area contributed by atoms with Crippen LogP contribution in [0.2, 0.25) is 0 Å². The molecule has 0 saturated heterocycles. The lowest BCUT2D eigenvalue weighted by molar-refractivity contribution is -0.111. The van der Waals surface area contributed by atoms with Crippen molar-refractivity contribution in [2.75, 3.05) is 0 Å². The summed E-state index contributed by atoms with van der Waals surface area (Å²) >= 11 is 0. The third kappa shape index (κ3) is 3.61. The molecule has 0 saturated carbocycles. The Morgan fingerprint density at radius 1 is 1.08 bits per heavy atom. The topological polar surface area (TPSA) is 55.7 Å². The van der Waals surface area contributed by atoms with Gasteiger partial charge in [0.1, 0.15) is 17.1 Å². The highest BCUT2D eigenvalue weighted by atomic mass is 19.2. The molecule has 7 heteroatoms. The molecular formula is C17H14F3NO3. The Morgan fingerprint density at radius 2 is 1.71 bits per heavy atom. The minimum Gasteiger partial charge on any atom is -0.312 e. The van der Waals surface area contributed by atoms with E-state index in [0.29, 0.717) is 17.2 Å². The molecule has 1 aromatic rings. The number of nitrogens with zero attached hydrogens (tertiary/aromatic N) is 1. The van der Waals surface area contributed by atoms with Crippen LogP contribution in [0.25, 0.3) is 0 Å². The molecule has 0 atom stereocenters. The van der Waals surface area contributed by atoms with Crippen molar-refractivity contribution in [3.05, 3.63) is 58.4 Å². The zero-order valence-electron chi connectivity index (χ0n) is 13.2. The zero-order valence-corrected chi connectivity index (χ0v) is 13.2. The number of rotatable bonds is 3. The van der Waals surface area contributed by atoms with Crippen LogP contribution < -0.4 is 0 Å². The monoisotopic (exact) mass is 337 g/mol. The van der Waals surface area contributed by atoms with Gasteiger partial charge in [0.2, 0.25) is 0 Å². The maximum Gasteiger partial charge on any atom is 0.368 e. The molecule has 0 N–H and O–H groups in total. The molecule has 0 unspecified atom stereocenters. The summed E-state index contributed by atoms with van der Waals surface area (Å²) in [6.07, 6.45) is 2.82. The lowest BCUT2D eigenvalue weighted by Gasteiger charge is -2.14. The fourth-order valence-electron chi connectivity index (χ4n) is 2.05. The molecule has 0 bridgehead atoms. The van der Waals surface area contributed by atoms with Crippen LogP contribution in [0.3, 0.4) is 0 Å². The van der Waals surface area contributed by atoms with Crippen molar-refractivity contribution in [2.24, 2.45) is 11.1 Å². The van der Waals surface area contributed by atoms with Crippen LogP contribution in [0, 0.1) is 23.4 Å². The van der Waals surface area contributed by atoms with Crippen LogP contribution in [0.4, 0.5) is 13.2 Å². The number of allylic oxidation sites excluding steroid dienone is 4. The third-order valence-electron chi connectivity index (χ3n) is 3.41. The summed E-state index contributed by atoms with van der Waals surface area (Å²) in [5.74, 6) is -5.56. The first-order valence-electron chi connectivity index (χ1n) is 7.09. The fraction of sp³-hybridized carbons (Fsp3) is 0.235. The Balaban J connectivity index is 2.27. The largest absolute Gasteiger partial charge is 0.368 e. The van der Waals surface area contributed by atoms with Gasteiger partial charge in [-0.25, -0.2) is 18.0 Å². The molecule has 1 aliphatic carbocycles. The molecular weight excluding hydrogens is 323 g/mol. The van der Waals surface area contributed by atoms with Crippen molar-refractivity contribution in [2.45, 2.75) is 20.8 Å². The molecule has 0 fully saturated rings. The van der Waals surface area contributed by atoms with Gasteiger partial charge in [-0.05, 0) is 36.6 Å². The predicted octanol–water partition coefficient (Wildman–Crippen LogP) is 3.73. The molecule has 24 heavy (non-hydrogen) atoms. The smallest absolute Gasteiger partial charge is 0.312 e. The van der Waals surface area contributed by atoms with E-state index in [1.54, 1.807) is 6.92 Å². The highest BCUT2D eigenvalue weighted by Gasteiger charge is 2.21. The molecule has 1 aliphatic rings. The van der Waals surface area contributed by atoms with E-state index in [4.69, 9.17) is 0 Å². The van der Waals surface area contributed by atoms with Gasteiger partial charge in [0, 0.05) is 11.6 Å². The van der Waals surface area contributed by atoms with Crippen molar-refractivity contribution in [1.82, 2.24) is 0 Å². The normalized spacial score (nSPS) is 16.3. The number of hydrogen-bond donors (Lipinski definition) is 0. The number of carbonyl (C=O) groups is 2. The second-order valence-corrected chi connectivity index (χ2v) is 5.55. The molecule has 0 spiro atoms. The summed E-state index contributed by atoms with van der Waals surface area (Å²) in [7, 11) is 0. The van der Waals surface area contributed by atoms with Crippen molar-refractivity contribution < 1.29 is 27.6 Å². The van der Waals surface area contributed by atoms with Crippen molar-refractivity contribution >= 4 is 17.5 Å². The summed E-state index contributed by atoms with van der Waals surface area (Å²) in [4.78, 5) is 28.2. The molecule has 0 aromatic heterocycles. The standard InChI is InChI=1S/C17H14F3NO3/c1-8(2)10-6-15(9(3)4-16(10)22)21-24-17(23)11-5-13(19)14(20)7-12(11)18/h4-8H,1-3H3/b21-15-. The summed E-state index contributed by atoms with van der Waals surface area (Å²) in [6.45, 7) is 5.23. The summed E-state index contributed by atoms with van der Waals surface area (Å²) in [5.41, 5.74) is 0.381. The Bertz CT molecular complexity index is 808. The maximum atomic E-state index is 13.5. The first-order chi connectivity index (χ1) is 11.2. The third-order valence-corrected chi connectivity index (χ3v) is 3.41. The van der Waals surface area contributed by atoms with Crippen molar-refractivity contribution in [1.29, 1.82) is 0 Å². The Kier molecular flexibility index (Phi) is 5.02. The van der Waals surface area contributed by atoms with Gasteiger partial charge in [-0.2, -0.15) is 0 Å². The highest BCUT2D eigenvalue weighted by Crippen LogP contribution is 2.20. The van der Waals surface area contributed by atoms with E-state index < -0.39 is 29.0 Å². The summed E-state index contributed by atoms with van der Waals surface area (Å²) in [5, 5.41) is 3.59. The molecule has 126 valence electrons. The van der Waals surface area contributed by atoms with Gasteiger partial charge in [-0.3, -0.25) is 4.79 Å². The second-order valence-electron chi connectivity index (χ2n) is 5.55. The predicted molar refractivity (Wildman–Crippen MR) is 80.9 cm³/mol. The van der Waals surface area contributed by atoms with Crippen LogP contribution in [0.1, 0.15) is 31.1 Å². The molecule has 0 heterocycles. The lowest BCUT2D eigenvalue weighted by atomic mass is 9.90. The number of halogens is 3. The molecule has 4 nitrogen and oxygen atoms in total. The van der Waals surface area contributed by atoms with Crippen molar-refractivity contribution in [3.8, 4) is 0 Å². The SMILES string of the molecule is CC1=CC(=O)C(C(C)C)=C/C1=N/OC(=O)c1cc(F)c(F)cc1F. The maximum absolute atomic E-state index is 13.5. The van der Waals surface area contributed by atoms with E-state index >= 15 is 0 Å². The van der Waals surface area contributed by atoms with Crippen LogP contribution in [-0.2, 0) is 9.63 Å². The van der Waals surface area contributed by atoms with Crippen LogP contribution in [0.15, 0.2) is 40.6 Å². The van der Waals surface area contributed by atoms with Crippen LogP contribution >= 0.6 is 0 Å². The van der Waals surface area contributed by atoms with E-state index in [1.165, 1.54) is 12.2 Å². The second kappa shape index (κ2) is 6.82. The van der Waals surface area contributed by atoms with Gasteiger partial charge in [0.15, 0.2) is 17.4 Å². The van der Waals surface area contributed by atoms with E-state index in [9.17, 15) is 22.8 Å². The Labute approximate surface area is 136 Å². The van der Waals surface area contributed by atoms with E-state index in [1.807, 2.05) is 13.8 Å². The highest BCUT2D eigenvalue weighted by molar-refractivity contribution is 6.21. The van der Waals surface area contributed by atoms with Gasteiger partial charge < -0.3 is 4.84 Å². The molecule has 0 aliphatic heterocycles. The lowest BCUT2D eigenvalue weighted by Crippen LogP contribution is -2.16. The number of ketones is 1. The van der Waals surface area contributed by atoms with Gasteiger partial charge in [0.05, 0.1) is 0 Å². The molecule has 0 radical (unpaired) electrons. The summed E-state index contributed by atoms with van der Waals surface area (Å²) < 4.78 is 39.5. The van der Waals surface area contributed by atoms with Crippen LogP contribution in [0.5, 0.6) is 0 Å². The molecule has 0 amide bonds. The quantitative estimate of drug-likeness (QED) is 0.365. The summed E-state index contributed by atoms with van der Waals surface area (Å²) in [6, 6.07) is 0.649.